The number of hydrogen-bond donors (Lipinski definition) is 1. The molecule has 0 radical (unpaired) electrons. The normalized spacial score (nSPS) is 15.9. The van der Waals surface area contributed by atoms with Crippen LogP contribution in [0.5, 0.6) is 11.5 Å². The minimum Gasteiger partial charge on any atom is -0.493 e. The molecule has 0 aromatic heterocycles. The molecule has 0 aliphatic carbocycles. The van der Waals surface area contributed by atoms with Crippen LogP contribution in [0.25, 0.3) is 0 Å². The highest BCUT2D eigenvalue weighted by molar-refractivity contribution is 7.89. The van der Waals surface area contributed by atoms with Gasteiger partial charge in [0.1, 0.15) is 0 Å². The Bertz CT molecular complexity index is 770. The summed E-state index contributed by atoms with van der Waals surface area (Å²) in [6.07, 6.45) is 1.89. The topological polar surface area (TPSA) is 80.6 Å². The number of sulfonamides is 1. The molecule has 0 atom stereocenters. The van der Waals surface area contributed by atoms with E-state index in [1.54, 1.807) is 6.07 Å². The average molecular weight is 429 g/mol. The molecule has 1 N–H and O–H groups in total. The van der Waals surface area contributed by atoms with Crippen LogP contribution in [0.15, 0.2) is 23.1 Å². The van der Waals surface area contributed by atoms with E-state index in [9.17, 15) is 13.2 Å². The lowest BCUT2D eigenvalue weighted by molar-refractivity contribution is -0.896. The summed E-state index contributed by atoms with van der Waals surface area (Å²) in [6.45, 7) is 8.13. The van der Waals surface area contributed by atoms with Crippen molar-refractivity contribution in [3.8, 4) is 11.5 Å². The SMILES string of the molecule is CCCN(CCC)C(=O)C[NH+]1CCN(S(=O)(=O)c2ccc(OC)c(OC)c2)CC1. The lowest BCUT2D eigenvalue weighted by atomic mass is 10.3. The monoisotopic (exact) mass is 428 g/mol. The largest absolute Gasteiger partial charge is 0.493 e. The third kappa shape index (κ3) is 5.83. The Balaban J connectivity index is 2.00. The average Bonchev–Trinajstić information content (AvgIpc) is 2.73. The van der Waals surface area contributed by atoms with Crippen molar-refractivity contribution in [1.82, 2.24) is 9.21 Å². The highest BCUT2D eigenvalue weighted by atomic mass is 32.2. The molecule has 1 saturated heterocycles. The first-order valence-corrected chi connectivity index (χ1v) is 11.6. The van der Waals surface area contributed by atoms with Crippen LogP contribution in [-0.2, 0) is 14.8 Å². The van der Waals surface area contributed by atoms with Gasteiger partial charge in [-0.25, -0.2) is 8.42 Å². The highest BCUT2D eigenvalue weighted by Crippen LogP contribution is 2.30. The Morgan fingerprint density at radius 3 is 2.17 bits per heavy atom. The maximum atomic E-state index is 13.0. The second-order valence-corrected chi connectivity index (χ2v) is 9.17. The van der Waals surface area contributed by atoms with Crippen LogP contribution >= 0.6 is 0 Å². The molecule has 1 aromatic rings. The van der Waals surface area contributed by atoms with E-state index in [1.807, 2.05) is 4.90 Å². The van der Waals surface area contributed by atoms with Crippen molar-refractivity contribution < 1.29 is 27.6 Å². The van der Waals surface area contributed by atoms with E-state index in [2.05, 4.69) is 13.8 Å². The summed E-state index contributed by atoms with van der Waals surface area (Å²) in [5.74, 6) is 1.03. The summed E-state index contributed by atoms with van der Waals surface area (Å²) < 4.78 is 37.9. The Morgan fingerprint density at radius 2 is 1.66 bits per heavy atom. The van der Waals surface area contributed by atoms with Crippen LogP contribution in [0.4, 0.5) is 0 Å². The second-order valence-electron chi connectivity index (χ2n) is 7.23. The summed E-state index contributed by atoms with van der Waals surface area (Å²) in [5, 5.41) is 0. The standard InChI is InChI=1S/C20H33N3O5S/c1-5-9-22(10-6-2)20(24)16-21-11-13-23(14-12-21)29(25,26)17-7-8-18(27-3)19(15-17)28-4/h7-8,15H,5-6,9-14,16H2,1-4H3/p+1. The lowest BCUT2D eigenvalue weighted by Crippen LogP contribution is -3.15. The minimum absolute atomic E-state index is 0.153. The number of nitrogens with zero attached hydrogens (tertiary/aromatic N) is 2. The van der Waals surface area contributed by atoms with E-state index in [0.717, 1.165) is 30.8 Å². The van der Waals surface area contributed by atoms with Crippen LogP contribution in [0.1, 0.15) is 26.7 Å². The van der Waals surface area contributed by atoms with Gasteiger partial charge >= 0.3 is 0 Å². The Morgan fingerprint density at radius 1 is 1.07 bits per heavy atom. The van der Waals surface area contributed by atoms with E-state index in [-0.39, 0.29) is 10.8 Å². The van der Waals surface area contributed by atoms with Gasteiger partial charge in [0, 0.05) is 19.2 Å². The zero-order chi connectivity index (χ0) is 21.4. The van der Waals surface area contributed by atoms with Crippen LogP contribution in [0, 0.1) is 0 Å². The molecule has 0 spiro atoms. The lowest BCUT2D eigenvalue weighted by Gasteiger charge is -2.32. The van der Waals surface area contributed by atoms with Gasteiger partial charge in [-0.2, -0.15) is 4.31 Å². The molecule has 0 bridgehead atoms. The number of ether oxygens (including phenoxy) is 2. The number of carbonyl (C=O) groups excluding carboxylic acids is 1. The molecule has 0 saturated carbocycles. The molecular weight excluding hydrogens is 394 g/mol. The first-order valence-electron chi connectivity index (χ1n) is 10.2. The van der Waals surface area contributed by atoms with E-state index >= 15 is 0 Å². The first kappa shape index (κ1) is 23.4. The molecule has 8 nitrogen and oxygen atoms in total. The van der Waals surface area contributed by atoms with E-state index in [0.29, 0.717) is 44.2 Å². The fourth-order valence-corrected chi connectivity index (χ4v) is 5.03. The number of methoxy groups -OCH3 is 2. The van der Waals surface area contributed by atoms with Crippen molar-refractivity contribution in [1.29, 1.82) is 0 Å². The van der Waals surface area contributed by atoms with Crippen LogP contribution in [-0.4, -0.2) is 83.6 Å². The number of amides is 1. The second kappa shape index (κ2) is 10.8. The third-order valence-corrected chi connectivity index (χ3v) is 7.06. The van der Waals surface area contributed by atoms with Crippen molar-refractivity contribution in [2.45, 2.75) is 31.6 Å². The number of piperazine rings is 1. The molecule has 1 aliphatic rings. The van der Waals surface area contributed by atoms with Gasteiger partial charge in [-0.15, -0.1) is 0 Å². The zero-order valence-corrected chi connectivity index (χ0v) is 18.8. The molecule has 2 rings (SSSR count). The Hall–Kier alpha value is -1.84. The molecule has 164 valence electrons. The molecule has 1 heterocycles. The molecule has 9 heteroatoms. The molecule has 1 aromatic carbocycles. The van der Waals surface area contributed by atoms with Gasteiger partial charge in [-0.3, -0.25) is 4.79 Å². The number of carbonyl (C=O) groups is 1. The number of benzene rings is 1. The number of nitrogens with one attached hydrogen (secondary N) is 1. The van der Waals surface area contributed by atoms with Crippen molar-refractivity contribution in [2.24, 2.45) is 0 Å². The Kier molecular flexibility index (Phi) is 8.73. The predicted octanol–water partition coefficient (Wildman–Crippen LogP) is 0.242. The molecule has 29 heavy (non-hydrogen) atoms. The fraction of sp³-hybridized carbons (Fsp3) is 0.650. The summed E-state index contributed by atoms with van der Waals surface area (Å²) >= 11 is 0. The van der Waals surface area contributed by atoms with E-state index < -0.39 is 10.0 Å². The molecule has 0 unspecified atom stereocenters. The zero-order valence-electron chi connectivity index (χ0n) is 17.9. The fourth-order valence-electron chi connectivity index (χ4n) is 3.57. The van der Waals surface area contributed by atoms with E-state index in [1.165, 1.54) is 30.7 Å². The van der Waals surface area contributed by atoms with Gasteiger partial charge in [0.05, 0.1) is 45.3 Å². The van der Waals surface area contributed by atoms with Crippen molar-refractivity contribution >= 4 is 15.9 Å². The van der Waals surface area contributed by atoms with Gasteiger partial charge in [0.2, 0.25) is 10.0 Å². The van der Waals surface area contributed by atoms with Gasteiger partial charge in [-0.05, 0) is 25.0 Å². The molecule has 1 aliphatic heterocycles. The first-order chi connectivity index (χ1) is 13.9. The maximum Gasteiger partial charge on any atom is 0.277 e. The number of hydrogen-bond acceptors (Lipinski definition) is 5. The Labute approximate surface area is 174 Å². The van der Waals surface area contributed by atoms with Gasteiger partial charge in [0.15, 0.2) is 18.0 Å². The van der Waals surface area contributed by atoms with Crippen LogP contribution in [0.3, 0.4) is 0 Å². The minimum atomic E-state index is -3.62. The summed E-state index contributed by atoms with van der Waals surface area (Å²) in [7, 11) is -0.625. The summed E-state index contributed by atoms with van der Waals surface area (Å²) in [5.41, 5.74) is 0. The van der Waals surface area contributed by atoms with Crippen molar-refractivity contribution in [2.75, 3.05) is 60.0 Å². The number of rotatable bonds is 10. The van der Waals surface area contributed by atoms with Gasteiger partial charge in [-0.1, -0.05) is 13.8 Å². The summed E-state index contributed by atoms with van der Waals surface area (Å²) in [6, 6.07) is 4.62. The maximum absolute atomic E-state index is 13.0. The van der Waals surface area contributed by atoms with Crippen molar-refractivity contribution in [3.05, 3.63) is 18.2 Å². The number of quaternary nitrogens is 1. The predicted molar refractivity (Wildman–Crippen MR) is 111 cm³/mol. The molecular formula is C20H34N3O5S+. The smallest absolute Gasteiger partial charge is 0.277 e. The van der Waals surface area contributed by atoms with Gasteiger partial charge < -0.3 is 19.3 Å². The quantitative estimate of drug-likeness (QED) is 0.578. The molecule has 1 amide bonds. The third-order valence-electron chi connectivity index (χ3n) is 5.16. The van der Waals surface area contributed by atoms with E-state index in [4.69, 9.17) is 9.47 Å². The van der Waals surface area contributed by atoms with Gasteiger partial charge in [0.25, 0.3) is 5.91 Å². The van der Waals surface area contributed by atoms with Crippen LogP contribution in [0.2, 0.25) is 0 Å². The molecule has 1 fully saturated rings. The van der Waals surface area contributed by atoms with Crippen LogP contribution < -0.4 is 14.4 Å². The van der Waals surface area contributed by atoms with Crippen molar-refractivity contribution in [3.63, 3.8) is 0 Å². The summed E-state index contributed by atoms with van der Waals surface area (Å²) in [4.78, 5) is 15.8. The highest BCUT2D eigenvalue weighted by Gasteiger charge is 2.32.